The molecule has 15 heavy (non-hydrogen) atoms. The maximum atomic E-state index is 10.9. The summed E-state index contributed by atoms with van der Waals surface area (Å²) in [5, 5.41) is 15.7. The minimum absolute atomic E-state index is 0.0665. The predicted octanol–water partition coefficient (Wildman–Crippen LogP) is -1.82. The summed E-state index contributed by atoms with van der Waals surface area (Å²) < 4.78 is 3.11. The van der Waals surface area contributed by atoms with E-state index in [9.17, 15) is 9.90 Å². The molecule has 1 fully saturated rings. The molecule has 88 valence electrons. The van der Waals surface area contributed by atoms with Crippen molar-refractivity contribution in [3.8, 4) is 0 Å². The molecule has 0 aliphatic carbocycles. The lowest BCUT2D eigenvalue weighted by atomic mass is 9.95. The van der Waals surface area contributed by atoms with E-state index < -0.39 is 6.23 Å². The Hall–Kier alpha value is -0.340. The van der Waals surface area contributed by atoms with Crippen LogP contribution in [0, 0.1) is 5.92 Å². The van der Waals surface area contributed by atoms with Gasteiger partial charge in [0.15, 0.2) is 0 Å². The quantitative estimate of drug-likeness (QED) is 0.284. The summed E-state index contributed by atoms with van der Waals surface area (Å²) in [7, 11) is 3.50. The molecule has 0 aromatic rings. The van der Waals surface area contributed by atoms with E-state index in [1.165, 1.54) is 11.9 Å². The Morgan fingerprint density at radius 3 is 2.80 bits per heavy atom. The number of amides is 1. The van der Waals surface area contributed by atoms with Crippen LogP contribution in [0.2, 0.25) is 0 Å². The Morgan fingerprint density at radius 1 is 1.67 bits per heavy atom. The molecule has 1 aliphatic heterocycles. The number of aliphatic hydroxyl groups excluding tert-OH is 1. The van der Waals surface area contributed by atoms with E-state index in [4.69, 9.17) is 5.73 Å². The Bertz CT molecular complexity index is 229. The van der Waals surface area contributed by atoms with Crippen LogP contribution in [0.4, 0.5) is 0 Å². The summed E-state index contributed by atoms with van der Waals surface area (Å²) in [5.41, 5.74) is 5.15. The molecule has 6 N–H and O–H groups in total. The zero-order chi connectivity index (χ0) is 11.4. The third-order valence-corrected chi connectivity index (χ3v) is 3.77. The zero-order valence-corrected chi connectivity index (χ0v) is 9.67. The second-order valence-electron chi connectivity index (χ2n) is 3.53. The molecule has 0 spiro atoms. The molecule has 0 bridgehead atoms. The molecule has 7 heteroatoms. The lowest BCUT2D eigenvalue weighted by Gasteiger charge is -2.26. The van der Waals surface area contributed by atoms with Crippen LogP contribution in [-0.4, -0.2) is 42.8 Å². The Balaban J connectivity index is 2.66. The van der Waals surface area contributed by atoms with Crippen LogP contribution in [0.15, 0.2) is 0 Å². The minimum atomic E-state index is -0.658. The Kier molecular flexibility index (Phi) is 4.81. The van der Waals surface area contributed by atoms with Gasteiger partial charge in [0, 0.05) is 18.4 Å². The second-order valence-corrected chi connectivity index (χ2v) is 4.51. The third-order valence-electron chi connectivity index (χ3n) is 2.53. The monoisotopic (exact) mass is 234 g/mol. The number of carbonyl (C=O) groups excluding carboxylic acids is 1. The number of carbonyl (C=O) groups is 1. The molecular formula is C8H18N4O2S. The van der Waals surface area contributed by atoms with Gasteiger partial charge in [0.2, 0.25) is 5.91 Å². The fourth-order valence-electron chi connectivity index (χ4n) is 1.75. The third kappa shape index (κ3) is 3.05. The summed E-state index contributed by atoms with van der Waals surface area (Å²) in [4.78, 5) is 10.9. The van der Waals surface area contributed by atoms with Crippen LogP contribution >= 0.6 is 11.9 Å². The van der Waals surface area contributed by atoms with Gasteiger partial charge in [-0.2, -0.15) is 0 Å². The summed E-state index contributed by atoms with van der Waals surface area (Å²) in [6, 6.07) is -0.104. The molecule has 1 saturated heterocycles. The van der Waals surface area contributed by atoms with E-state index in [1.807, 2.05) is 7.05 Å². The first-order valence-corrected chi connectivity index (χ1v) is 5.70. The van der Waals surface area contributed by atoms with Crippen molar-refractivity contribution in [2.24, 2.45) is 11.7 Å². The van der Waals surface area contributed by atoms with Crippen molar-refractivity contribution in [1.82, 2.24) is 15.4 Å². The smallest absolute Gasteiger partial charge is 0.219 e. The highest BCUT2D eigenvalue weighted by atomic mass is 32.2. The lowest BCUT2D eigenvalue weighted by Crippen LogP contribution is -2.48. The molecule has 0 saturated carbocycles. The number of primary amides is 1. The van der Waals surface area contributed by atoms with Gasteiger partial charge in [-0.25, -0.2) is 0 Å². The topological polar surface area (TPSA) is 99.4 Å². The SMILES string of the molecule is CNC(O)[C@@H]1C(NC)SN[C@@H]1CC(N)=O. The largest absolute Gasteiger partial charge is 0.378 e. The molecule has 0 aromatic heterocycles. The molecule has 0 radical (unpaired) electrons. The molecule has 6 nitrogen and oxygen atoms in total. The van der Waals surface area contributed by atoms with E-state index in [2.05, 4.69) is 15.4 Å². The fourth-order valence-corrected chi connectivity index (χ4v) is 2.93. The van der Waals surface area contributed by atoms with Crippen molar-refractivity contribution in [2.75, 3.05) is 14.1 Å². The van der Waals surface area contributed by atoms with Crippen molar-refractivity contribution in [3.63, 3.8) is 0 Å². The van der Waals surface area contributed by atoms with E-state index >= 15 is 0 Å². The van der Waals surface area contributed by atoms with Gasteiger partial charge in [-0.15, -0.1) is 0 Å². The van der Waals surface area contributed by atoms with E-state index in [0.29, 0.717) is 0 Å². The highest BCUT2D eigenvalue weighted by molar-refractivity contribution is 7.98. The summed E-state index contributed by atoms with van der Waals surface area (Å²) in [6.07, 6.45) is -0.427. The van der Waals surface area contributed by atoms with Crippen molar-refractivity contribution in [3.05, 3.63) is 0 Å². The molecule has 1 rings (SSSR count). The lowest BCUT2D eigenvalue weighted by molar-refractivity contribution is -0.118. The number of hydrogen-bond donors (Lipinski definition) is 5. The number of rotatable bonds is 5. The first-order chi connectivity index (χ1) is 7.10. The molecule has 4 atom stereocenters. The zero-order valence-electron chi connectivity index (χ0n) is 8.86. The molecule has 1 heterocycles. The average molecular weight is 234 g/mol. The average Bonchev–Trinajstić information content (AvgIpc) is 2.58. The van der Waals surface area contributed by atoms with Crippen LogP contribution in [-0.2, 0) is 4.79 Å². The van der Waals surface area contributed by atoms with Crippen LogP contribution in [0.3, 0.4) is 0 Å². The molecule has 0 aromatic carbocycles. The van der Waals surface area contributed by atoms with Crippen molar-refractivity contribution >= 4 is 17.9 Å². The van der Waals surface area contributed by atoms with Gasteiger partial charge in [0.25, 0.3) is 0 Å². The van der Waals surface area contributed by atoms with Crippen LogP contribution in [0.5, 0.6) is 0 Å². The predicted molar refractivity (Wildman–Crippen MR) is 59.7 cm³/mol. The van der Waals surface area contributed by atoms with E-state index in [-0.39, 0.29) is 29.7 Å². The van der Waals surface area contributed by atoms with Crippen molar-refractivity contribution in [1.29, 1.82) is 0 Å². The van der Waals surface area contributed by atoms with Gasteiger partial charge < -0.3 is 16.2 Å². The van der Waals surface area contributed by atoms with Crippen LogP contribution < -0.4 is 21.1 Å². The number of hydrogen-bond acceptors (Lipinski definition) is 6. The first-order valence-electron chi connectivity index (χ1n) is 4.82. The van der Waals surface area contributed by atoms with Crippen molar-refractivity contribution in [2.45, 2.75) is 24.1 Å². The van der Waals surface area contributed by atoms with Crippen LogP contribution in [0.1, 0.15) is 6.42 Å². The Labute approximate surface area is 93.5 Å². The molecule has 1 amide bonds. The van der Waals surface area contributed by atoms with Crippen molar-refractivity contribution < 1.29 is 9.90 Å². The molecular weight excluding hydrogens is 216 g/mol. The maximum Gasteiger partial charge on any atom is 0.219 e. The van der Waals surface area contributed by atoms with Gasteiger partial charge in [-0.05, 0) is 14.1 Å². The summed E-state index contributed by atoms with van der Waals surface area (Å²) in [6.45, 7) is 0. The number of nitrogens with one attached hydrogen (secondary N) is 3. The van der Waals surface area contributed by atoms with Gasteiger partial charge >= 0.3 is 0 Å². The first kappa shape index (κ1) is 12.7. The van der Waals surface area contributed by atoms with Gasteiger partial charge in [-0.1, -0.05) is 11.9 Å². The standard InChI is InChI=1S/C8H18N4O2S/c1-10-7(14)6-4(3-5(9)13)12-15-8(6)11-2/h4,6-8,10-12,14H,3H2,1-2H3,(H2,9,13)/t4-,6-,7?,8?/m1/s1. The highest BCUT2D eigenvalue weighted by Crippen LogP contribution is 2.30. The minimum Gasteiger partial charge on any atom is -0.378 e. The molecule has 2 unspecified atom stereocenters. The maximum absolute atomic E-state index is 10.9. The molecule has 1 aliphatic rings. The van der Waals surface area contributed by atoms with Crippen LogP contribution in [0.25, 0.3) is 0 Å². The van der Waals surface area contributed by atoms with Gasteiger partial charge in [0.1, 0.15) is 6.23 Å². The van der Waals surface area contributed by atoms with Gasteiger partial charge in [0.05, 0.1) is 5.37 Å². The number of aliphatic hydroxyl groups is 1. The summed E-state index contributed by atoms with van der Waals surface area (Å²) >= 11 is 1.48. The highest BCUT2D eigenvalue weighted by Gasteiger charge is 2.40. The summed E-state index contributed by atoms with van der Waals surface area (Å²) in [5.74, 6) is -0.448. The Morgan fingerprint density at radius 2 is 2.33 bits per heavy atom. The number of nitrogens with two attached hydrogens (primary N) is 1. The van der Waals surface area contributed by atoms with Gasteiger partial charge in [-0.3, -0.25) is 14.8 Å². The fraction of sp³-hybridized carbons (Fsp3) is 0.875. The van der Waals surface area contributed by atoms with E-state index in [0.717, 1.165) is 0 Å². The second kappa shape index (κ2) is 5.66. The normalized spacial score (nSPS) is 32.9. The van der Waals surface area contributed by atoms with E-state index in [1.54, 1.807) is 7.05 Å².